The number of carbonyl (C=O) groups excluding carboxylic acids is 1. The Balaban J connectivity index is 1.82. The SMILES string of the molecule is CCc1ccc(OCC(=O)NN=Cc2ccc(F)cc2)c(Br)c1. The third-order valence-electron chi connectivity index (χ3n) is 3.04. The molecule has 23 heavy (non-hydrogen) atoms. The highest BCUT2D eigenvalue weighted by atomic mass is 79.9. The summed E-state index contributed by atoms with van der Waals surface area (Å²) in [5.74, 6) is -0.103. The summed E-state index contributed by atoms with van der Waals surface area (Å²) in [7, 11) is 0. The van der Waals surface area contributed by atoms with Gasteiger partial charge in [0.1, 0.15) is 11.6 Å². The summed E-state index contributed by atoms with van der Waals surface area (Å²) in [6, 6.07) is 11.5. The third kappa shape index (κ3) is 5.49. The van der Waals surface area contributed by atoms with Gasteiger partial charge in [0.2, 0.25) is 0 Å². The Morgan fingerprint density at radius 1 is 1.30 bits per heavy atom. The predicted molar refractivity (Wildman–Crippen MR) is 91.2 cm³/mol. The van der Waals surface area contributed by atoms with Gasteiger partial charge in [-0.25, -0.2) is 9.82 Å². The van der Waals surface area contributed by atoms with Crippen LogP contribution in [0.2, 0.25) is 0 Å². The van der Waals surface area contributed by atoms with Crippen molar-refractivity contribution in [2.24, 2.45) is 5.10 Å². The first kappa shape index (κ1) is 17.1. The Labute approximate surface area is 142 Å². The van der Waals surface area contributed by atoms with Gasteiger partial charge >= 0.3 is 0 Å². The van der Waals surface area contributed by atoms with Crippen molar-refractivity contribution in [1.29, 1.82) is 0 Å². The number of nitrogens with one attached hydrogen (secondary N) is 1. The zero-order valence-electron chi connectivity index (χ0n) is 12.6. The molecule has 0 saturated heterocycles. The maximum absolute atomic E-state index is 12.7. The van der Waals surface area contributed by atoms with Crippen molar-refractivity contribution >= 4 is 28.1 Å². The summed E-state index contributed by atoms with van der Waals surface area (Å²) in [5.41, 5.74) is 4.22. The van der Waals surface area contributed by atoms with Gasteiger partial charge in [-0.05, 0) is 57.7 Å². The molecule has 0 radical (unpaired) electrons. The molecule has 2 rings (SSSR count). The first-order chi connectivity index (χ1) is 11.1. The minimum absolute atomic E-state index is 0.148. The number of ether oxygens (including phenoxy) is 1. The molecule has 0 atom stereocenters. The van der Waals surface area contributed by atoms with E-state index in [2.05, 4.69) is 33.4 Å². The van der Waals surface area contributed by atoms with Crippen LogP contribution in [0.5, 0.6) is 5.75 Å². The zero-order chi connectivity index (χ0) is 16.7. The highest BCUT2D eigenvalue weighted by Gasteiger charge is 2.05. The highest BCUT2D eigenvalue weighted by molar-refractivity contribution is 9.10. The van der Waals surface area contributed by atoms with Crippen molar-refractivity contribution in [2.45, 2.75) is 13.3 Å². The number of nitrogens with zero attached hydrogens (tertiary/aromatic N) is 1. The molecule has 1 amide bonds. The fourth-order valence-electron chi connectivity index (χ4n) is 1.78. The molecule has 0 spiro atoms. The molecule has 0 aromatic heterocycles. The topological polar surface area (TPSA) is 50.7 Å². The first-order valence-electron chi connectivity index (χ1n) is 7.07. The van der Waals surface area contributed by atoms with Gasteiger partial charge in [0.15, 0.2) is 6.61 Å². The van der Waals surface area contributed by atoms with Gasteiger partial charge in [0.05, 0.1) is 10.7 Å². The van der Waals surface area contributed by atoms with Gasteiger partial charge in [-0.2, -0.15) is 5.10 Å². The van der Waals surface area contributed by atoms with Crippen molar-refractivity contribution in [1.82, 2.24) is 5.43 Å². The van der Waals surface area contributed by atoms with E-state index >= 15 is 0 Å². The number of aryl methyl sites for hydroxylation is 1. The van der Waals surface area contributed by atoms with Crippen LogP contribution in [0, 0.1) is 5.82 Å². The van der Waals surface area contributed by atoms with Crippen LogP contribution in [-0.4, -0.2) is 18.7 Å². The van der Waals surface area contributed by atoms with Crippen LogP contribution in [0.1, 0.15) is 18.1 Å². The van der Waals surface area contributed by atoms with Gasteiger partial charge in [0, 0.05) is 0 Å². The van der Waals surface area contributed by atoms with Gasteiger partial charge < -0.3 is 4.74 Å². The largest absolute Gasteiger partial charge is 0.483 e. The average molecular weight is 379 g/mol. The predicted octanol–water partition coefficient (Wildman–Crippen LogP) is 3.68. The first-order valence-corrected chi connectivity index (χ1v) is 7.86. The second-order valence-corrected chi connectivity index (χ2v) is 5.61. The molecular formula is C17H16BrFN2O2. The van der Waals surface area contributed by atoms with E-state index < -0.39 is 0 Å². The number of hydrogen-bond donors (Lipinski definition) is 1. The van der Waals surface area contributed by atoms with Crippen LogP contribution >= 0.6 is 15.9 Å². The smallest absolute Gasteiger partial charge is 0.277 e. The Kier molecular flexibility index (Phi) is 6.29. The minimum Gasteiger partial charge on any atom is -0.483 e. The Bertz CT molecular complexity index is 702. The molecule has 0 fully saturated rings. The van der Waals surface area contributed by atoms with Crippen molar-refractivity contribution in [3.63, 3.8) is 0 Å². The Morgan fingerprint density at radius 2 is 2.04 bits per heavy atom. The summed E-state index contributed by atoms with van der Waals surface area (Å²) in [6.45, 7) is 1.92. The van der Waals surface area contributed by atoms with Gasteiger partial charge in [-0.15, -0.1) is 0 Å². The summed E-state index contributed by atoms with van der Waals surface area (Å²) >= 11 is 3.41. The average Bonchev–Trinajstić information content (AvgIpc) is 2.55. The maximum Gasteiger partial charge on any atom is 0.277 e. The van der Waals surface area contributed by atoms with E-state index in [1.807, 2.05) is 18.2 Å². The van der Waals surface area contributed by atoms with E-state index in [1.54, 1.807) is 12.1 Å². The number of hydrazone groups is 1. The fraction of sp³-hybridized carbons (Fsp3) is 0.176. The maximum atomic E-state index is 12.7. The number of rotatable bonds is 6. The normalized spacial score (nSPS) is 10.7. The van der Waals surface area contributed by atoms with E-state index in [-0.39, 0.29) is 18.3 Å². The monoisotopic (exact) mass is 378 g/mol. The van der Waals surface area contributed by atoms with E-state index in [0.717, 1.165) is 10.9 Å². The molecule has 0 saturated carbocycles. The van der Waals surface area contributed by atoms with Gasteiger partial charge in [-0.3, -0.25) is 4.79 Å². The van der Waals surface area contributed by atoms with E-state index in [0.29, 0.717) is 11.3 Å². The fourth-order valence-corrected chi connectivity index (χ4v) is 2.33. The second kappa shape index (κ2) is 8.43. The lowest BCUT2D eigenvalue weighted by molar-refractivity contribution is -0.123. The van der Waals surface area contributed by atoms with Crippen LogP contribution in [0.15, 0.2) is 52.0 Å². The molecule has 120 valence electrons. The molecule has 0 bridgehead atoms. The second-order valence-electron chi connectivity index (χ2n) is 4.75. The standard InChI is InChI=1S/C17H16BrFN2O2/c1-2-12-5-8-16(15(18)9-12)23-11-17(22)21-20-10-13-3-6-14(19)7-4-13/h3-10H,2,11H2,1H3,(H,21,22). The van der Waals surface area contributed by atoms with E-state index in [1.165, 1.54) is 23.9 Å². The number of amides is 1. The van der Waals surface area contributed by atoms with Crippen LogP contribution in [0.4, 0.5) is 4.39 Å². The summed E-state index contributed by atoms with van der Waals surface area (Å²) in [6.07, 6.45) is 2.36. The lowest BCUT2D eigenvalue weighted by Crippen LogP contribution is -2.24. The Morgan fingerprint density at radius 3 is 2.70 bits per heavy atom. The molecule has 0 unspecified atom stereocenters. The lowest BCUT2D eigenvalue weighted by atomic mass is 10.2. The number of benzene rings is 2. The van der Waals surface area contributed by atoms with Gasteiger partial charge in [-0.1, -0.05) is 25.1 Å². The Hall–Kier alpha value is -2.21. The van der Waals surface area contributed by atoms with Crippen LogP contribution < -0.4 is 10.2 Å². The third-order valence-corrected chi connectivity index (χ3v) is 3.66. The molecule has 4 nitrogen and oxygen atoms in total. The number of halogens is 2. The summed E-state index contributed by atoms with van der Waals surface area (Å²) < 4.78 is 19.0. The molecule has 2 aromatic carbocycles. The molecule has 0 aliphatic carbocycles. The molecular weight excluding hydrogens is 363 g/mol. The quantitative estimate of drug-likeness (QED) is 0.615. The molecule has 1 N–H and O–H groups in total. The molecule has 0 heterocycles. The molecule has 2 aromatic rings. The van der Waals surface area contributed by atoms with Gasteiger partial charge in [0.25, 0.3) is 5.91 Å². The minimum atomic E-state index is -0.380. The van der Waals surface area contributed by atoms with E-state index in [9.17, 15) is 9.18 Å². The number of carbonyl (C=O) groups is 1. The van der Waals surface area contributed by atoms with E-state index in [4.69, 9.17) is 4.74 Å². The molecule has 6 heteroatoms. The summed E-state index contributed by atoms with van der Waals surface area (Å²) in [4.78, 5) is 11.7. The van der Waals surface area contributed by atoms with Crippen molar-refractivity contribution < 1.29 is 13.9 Å². The zero-order valence-corrected chi connectivity index (χ0v) is 14.1. The van der Waals surface area contributed by atoms with Crippen molar-refractivity contribution in [3.8, 4) is 5.75 Å². The van der Waals surface area contributed by atoms with Crippen molar-refractivity contribution in [3.05, 3.63) is 63.9 Å². The van der Waals surface area contributed by atoms with Crippen LogP contribution in [0.3, 0.4) is 0 Å². The lowest BCUT2D eigenvalue weighted by Gasteiger charge is -2.08. The summed E-state index contributed by atoms with van der Waals surface area (Å²) in [5, 5.41) is 3.79. The van der Waals surface area contributed by atoms with Crippen molar-refractivity contribution in [2.75, 3.05) is 6.61 Å². The van der Waals surface area contributed by atoms with Crippen LogP contribution in [-0.2, 0) is 11.2 Å². The highest BCUT2D eigenvalue weighted by Crippen LogP contribution is 2.26. The molecule has 0 aliphatic rings. The molecule has 0 aliphatic heterocycles. The number of hydrogen-bond acceptors (Lipinski definition) is 3. The van der Waals surface area contributed by atoms with Crippen LogP contribution in [0.25, 0.3) is 0 Å².